The summed E-state index contributed by atoms with van der Waals surface area (Å²) < 4.78 is 22.2. The molecule has 0 N–H and O–H groups in total. The number of carbonyl (C=O) groups is 1. The van der Waals surface area contributed by atoms with Gasteiger partial charge in [-0.1, -0.05) is 29.8 Å². The molecule has 7 heteroatoms. The number of halogens is 1. The third-order valence-electron chi connectivity index (χ3n) is 5.39. The van der Waals surface area contributed by atoms with Crippen molar-refractivity contribution in [3.05, 3.63) is 65.2 Å². The summed E-state index contributed by atoms with van der Waals surface area (Å²) in [5, 5.41) is 0.522. The second-order valence-electron chi connectivity index (χ2n) is 7.94. The fraction of sp³-hybridized carbons (Fsp3) is 0.296. The first-order valence-corrected chi connectivity index (χ1v) is 11.3. The number of ether oxygens (including phenoxy) is 4. The van der Waals surface area contributed by atoms with Gasteiger partial charge >= 0.3 is 5.97 Å². The summed E-state index contributed by atoms with van der Waals surface area (Å²) >= 11 is 6.43. The van der Waals surface area contributed by atoms with Crippen molar-refractivity contribution >= 4 is 17.6 Å². The first-order chi connectivity index (χ1) is 16.4. The van der Waals surface area contributed by atoms with E-state index in [1.807, 2.05) is 50.5 Å². The zero-order valence-electron chi connectivity index (χ0n) is 20.2. The maximum atomic E-state index is 12.3. The average molecular weight is 484 g/mol. The number of esters is 1. The van der Waals surface area contributed by atoms with Crippen LogP contribution >= 0.6 is 11.6 Å². The van der Waals surface area contributed by atoms with Crippen LogP contribution in [0.4, 0.5) is 0 Å². The maximum absolute atomic E-state index is 12.3. The first-order valence-electron chi connectivity index (χ1n) is 10.9. The van der Waals surface area contributed by atoms with E-state index in [0.29, 0.717) is 34.4 Å². The topological polar surface area (TPSA) is 57.2 Å². The minimum absolute atomic E-state index is 0.422. The van der Waals surface area contributed by atoms with Crippen LogP contribution in [-0.4, -0.2) is 59.4 Å². The smallest absolute Gasteiger partial charge is 0.337 e. The summed E-state index contributed by atoms with van der Waals surface area (Å²) in [5.41, 5.74) is 3.67. The van der Waals surface area contributed by atoms with Crippen molar-refractivity contribution < 1.29 is 23.7 Å². The summed E-state index contributed by atoms with van der Waals surface area (Å²) in [6.45, 7) is 1.45. The summed E-state index contributed by atoms with van der Waals surface area (Å²) in [6.07, 6.45) is 0.870. The lowest BCUT2D eigenvalue weighted by atomic mass is 9.91. The number of hydrogen-bond acceptors (Lipinski definition) is 6. The van der Waals surface area contributed by atoms with Gasteiger partial charge in [-0.15, -0.1) is 0 Å². The first kappa shape index (κ1) is 25.4. The highest BCUT2D eigenvalue weighted by atomic mass is 35.5. The Bertz CT molecular complexity index is 1120. The van der Waals surface area contributed by atoms with E-state index >= 15 is 0 Å². The number of carbonyl (C=O) groups excluding carboxylic acids is 1. The molecular formula is C27H30ClNO5. The van der Waals surface area contributed by atoms with Gasteiger partial charge in [0.1, 0.15) is 17.2 Å². The molecule has 0 saturated heterocycles. The van der Waals surface area contributed by atoms with Crippen LogP contribution in [0.1, 0.15) is 16.8 Å². The van der Waals surface area contributed by atoms with Gasteiger partial charge in [-0.25, -0.2) is 4.79 Å². The van der Waals surface area contributed by atoms with Crippen molar-refractivity contribution in [2.24, 2.45) is 0 Å². The lowest BCUT2D eigenvalue weighted by Gasteiger charge is -2.18. The van der Waals surface area contributed by atoms with E-state index in [4.69, 9.17) is 30.5 Å². The number of hydrogen-bond donors (Lipinski definition) is 0. The number of benzene rings is 3. The van der Waals surface area contributed by atoms with Crippen molar-refractivity contribution in [3.8, 4) is 39.5 Å². The molecule has 180 valence electrons. The van der Waals surface area contributed by atoms with Crippen LogP contribution in [0.3, 0.4) is 0 Å². The van der Waals surface area contributed by atoms with Gasteiger partial charge < -0.3 is 23.8 Å². The van der Waals surface area contributed by atoms with Crippen LogP contribution in [0.2, 0.25) is 5.02 Å². The van der Waals surface area contributed by atoms with Crippen molar-refractivity contribution in [2.45, 2.75) is 6.42 Å². The Balaban J connectivity index is 2.14. The van der Waals surface area contributed by atoms with Gasteiger partial charge in [0.05, 0.1) is 44.1 Å². The summed E-state index contributed by atoms with van der Waals surface area (Å²) in [4.78, 5) is 14.4. The lowest BCUT2D eigenvalue weighted by Crippen LogP contribution is -2.15. The van der Waals surface area contributed by atoms with Crippen LogP contribution in [-0.2, 0) is 4.74 Å². The Morgan fingerprint density at radius 3 is 2.21 bits per heavy atom. The summed E-state index contributed by atoms with van der Waals surface area (Å²) in [6, 6.07) is 16.6. The SMILES string of the molecule is COC(=O)c1ccc(-c2c(OC)cccc2OC)c(-c2ccc(Cl)c(OCCCN(C)C)c2)c1. The highest BCUT2D eigenvalue weighted by molar-refractivity contribution is 6.32. The normalized spacial score (nSPS) is 10.8. The highest BCUT2D eigenvalue weighted by Crippen LogP contribution is 2.44. The van der Waals surface area contributed by atoms with Crippen LogP contribution in [0, 0.1) is 0 Å². The Hall–Kier alpha value is -3.22. The minimum Gasteiger partial charge on any atom is -0.496 e. The standard InChI is InChI=1S/C27H30ClNO5/c1-29(2)14-7-15-34-25-17-18(11-13-22(25)28)21-16-19(27(30)33-5)10-12-20(21)26-23(31-3)8-6-9-24(26)32-4/h6,8-13,16-17H,7,14-15H2,1-5H3. The van der Waals surface area contributed by atoms with Gasteiger partial charge in [0.25, 0.3) is 0 Å². The molecule has 0 amide bonds. The van der Waals surface area contributed by atoms with E-state index in [1.54, 1.807) is 32.4 Å². The monoisotopic (exact) mass is 483 g/mol. The van der Waals surface area contributed by atoms with Gasteiger partial charge in [0.2, 0.25) is 0 Å². The van der Waals surface area contributed by atoms with Gasteiger partial charge in [-0.05, 0) is 73.6 Å². The van der Waals surface area contributed by atoms with E-state index in [-0.39, 0.29) is 0 Å². The zero-order valence-corrected chi connectivity index (χ0v) is 20.9. The zero-order chi connectivity index (χ0) is 24.7. The molecule has 0 aliphatic rings. The largest absolute Gasteiger partial charge is 0.496 e. The molecule has 3 aromatic rings. The van der Waals surface area contributed by atoms with Gasteiger partial charge in [-0.2, -0.15) is 0 Å². The molecule has 3 aromatic carbocycles. The molecule has 0 aromatic heterocycles. The molecule has 0 atom stereocenters. The van der Waals surface area contributed by atoms with Crippen molar-refractivity contribution in [3.63, 3.8) is 0 Å². The summed E-state index contributed by atoms with van der Waals surface area (Å²) in [7, 11) is 8.64. The van der Waals surface area contributed by atoms with Crippen LogP contribution < -0.4 is 14.2 Å². The van der Waals surface area contributed by atoms with Crippen molar-refractivity contribution in [1.29, 1.82) is 0 Å². The Morgan fingerprint density at radius 1 is 0.882 bits per heavy atom. The molecule has 6 nitrogen and oxygen atoms in total. The van der Waals surface area contributed by atoms with Gasteiger partial charge in [0.15, 0.2) is 0 Å². The molecular weight excluding hydrogens is 454 g/mol. The Labute approximate surface area is 206 Å². The average Bonchev–Trinajstić information content (AvgIpc) is 2.86. The van der Waals surface area contributed by atoms with Gasteiger partial charge in [-0.3, -0.25) is 0 Å². The highest BCUT2D eigenvalue weighted by Gasteiger charge is 2.20. The molecule has 0 bridgehead atoms. The van der Waals surface area contributed by atoms with E-state index in [1.165, 1.54) is 7.11 Å². The summed E-state index contributed by atoms with van der Waals surface area (Å²) in [5.74, 6) is 1.47. The van der Waals surface area contributed by atoms with Crippen molar-refractivity contribution in [2.75, 3.05) is 48.6 Å². The van der Waals surface area contributed by atoms with Crippen LogP contribution in [0.15, 0.2) is 54.6 Å². The Morgan fingerprint density at radius 2 is 1.59 bits per heavy atom. The molecule has 0 saturated carbocycles. The molecule has 0 unspecified atom stereocenters. The second-order valence-corrected chi connectivity index (χ2v) is 8.35. The minimum atomic E-state index is -0.422. The third kappa shape index (κ3) is 5.82. The molecule has 0 heterocycles. The van der Waals surface area contributed by atoms with E-state index in [2.05, 4.69) is 4.90 Å². The van der Waals surface area contributed by atoms with Gasteiger partial charge in [0, 0.05) is 6.54 Å². The van der Waals surface area contributed by atoms with Crippen molar-refractivity contribution in [1.82, 2.24) is 4.90 Å². The van der Waals surface area contributed by atoms with E-state index in [9.17, 15) is 4.79 Å². The molecule has 34 heavy (non-hydrogen) atoms. The third-order valence-corrected chi connectivity index (χ3v) is 5.70. The predicted molar refractivity (Wildman–Crippen MR) is 135 cm³/mol. The quantitative estimate of drug-likeness (QED) is 0.268. The lowest BCUT2D eigenvalue weighted by molar-refractivity contribution is 0.0601. The molecule has 0 aliphatic carbocycles. The molecule has 3 rings (SSSR count). The second kappa shape index (κ2) is 11.8. The fourth-order valence-electron chi connectivity index (χ4n) is 3.71. The maximum Gasteiger partial charge on any atom is 0.337 e. The molecule has 0 spiro atoms. The fourth-order valence-corrected chi connectivity index (χ4v) is 3.88. The van der Waals surface area contributed by atoms with E-state index in [0.717, 1.165) is 35.2 Å². The van der Waals surface area contributed by atoms with Crippen LogP contribution in [0.5, 0.6) is 17.2 Å². The molecule has 0 radical (unpaired) electrons. The predicted octanol–water partition coefficient (Wildman–Crippen LogP) is 5.81. The number of nitrogens with zero attached hydrogens (tertiary/aromatic N) is 1. The number of methoxy groups -OCH3 is 3. The number of rotatable bonds is 10. The molecule has 0 aliphatic heterocycles. The molecule has 0 fully saturated rings. The van der Waals surface area contributed by atoms with E-state index < -0.39 is 5.97 Å². The Kier molecular flexibility index (Phi) is 8.79. The van der Waals surface area contributed by atoms with Crippen LogP contribution in [0.25, 0.3) is 22.3 Å².